The highest BCUT2D eigenvalue weighted by molar-refractivity contribution is 7.92. The monoisotopic (exact) mass is 410 g/mol. The Kier molecular flexibility index (Phi) is 7.71. The molecule has 2 N–H and O–H groups in total. The fraction of sp³-hybridized carbons (Fsp3) is 0.650. The lowest BCUT2D eigenvalue weighted by molar-refractivity contribution is 0.0241. The summed E-state index contributed by atoms with van der Waals surface area (Å²) in [7, 11) is -1.69. The van der Waals surface area contributed by atoms with Gasteiger partial charge in [-0.1, -0.05) is 39.0 Å². The molecule has 1 unspecified atom stereocenters. The van der Waals surface area contributed by atoms with Gasteiger partial charge in [0.15, 0.2) is 5.96 Å². The van der Waals surface area contributed by atoms with Crippen molar-refractivity contribution in [1.82, 2.24) is 10.6 Å². The number of nitrogens with one attached hydrogen (secondary N) is 2. The molecular weight excluding hydrogens is 376 g/mol. The molecule has 0 fully saturated rings. The number of rotatable bonds is 8. The zero-order chi connectivity index (χ0) is 20.8. The number of hydrogen-bond donors (Lipinski definition) is 2. The Morgan fingerprint density at radius 2 is 2.00 bits per heavy atom. The maximum absolute atomic E-state index is 12.8. The molecule has 0 saturated carbocycles. The summed E-state index contributed by atoms with van der Waals surface area (Å²) in [6.07, 6.45) is 0.741. The summed E-state index contributed by atoms with van der Waals surface area (Å²) in [5, 5.41) is 6.29. The van der Waals surface area contributed by atoms with Crippen molar-refractivity contribution in [3.63, 3.8) is 0 Å². The zero-order valence-corrected chi connectivity index (χ0v) is 18.5. The number of methoxy groups -OCH3 is 1. The third-order valence-electron chi connectivity index (χ3n) is 4.84. The number of fused-ring (bicyclic) bond motifs is 1. The molecule has 0 aromatic heterocycles. The minimum Gasteiger partial charge on any atom is -0.379 e. The van der Waals surface area contributed by atoms with Crippen molar-refractivity contribution in [2.24, 2.45) is 10.4 Å². The topological polar surface area (TPSA) is 83.0 Å². The molecule has 0 spiro atoms. The van der Waals surface area contributed by atoms with Crippen molar-refractivity contribution >= 4 is 21.7 Å². The molecule has 0 amide bonds. The van der Waals surface area contributed by atoms with Gasteiger partial charge in [-0.15, -0.1) is 0 Å². The van der Waals surface area contributed by atoms with Gasteiger partial charge in [-0.05, 0) is 30.4 Å². The van der Waals surface area contributed by atoms with Crippen LogP contribution in [0.4, 0.5) is 5.69 Å². The Morgan fingerprint density at radius 3 is 2.64 bits per heavy atom. The first-order valence-electron chi connectivity index (χ1n) is 9.82. The number of anilines is 1. The van der Waals surface area contributed by atoms with E-state index < -0.39 is 10.0 Å². The standard InChI is InChI=1S/C20H34N4O3S/c1-6-21-19(23-15-18(27-5)20(2,3)4)22-12-14-28(25,26)24-13-11-16-9-7-8-10-17(16)24/h7-10,18H,6,11-15H2,1-5H3,(H2,21,22,23). The van der Waals surface area contributed by atoms with Crippen LogP contribution in [0.3, 0.4) is 0 Å². The number of guanidine groups is 1. The third-order valence-corrected chi connectivity index (χ3v) is 6.61. The maximum Gasteiger partial charge on any atom is 0.236 e. The lowest BCUT2D eigenvalue weighted by Crippen LogP contribution is -2.42. The molecule has 0 aliphatic carbocycles. The highest BCUT2D eigenvalue weighted by atomic mass is 32.2. The summed E-state index contributed by atoms with van der Waals surface area (Å²) in [6, 6.07) is 7.68. The van der Waals surface area contributed by atoms with E-state index in [0.29, 0.717) is 32.1 Å². The molecule has 1 aliphatic heterocycles. The molecule has 7 nitrogen and oxygen atoms in total. The quantitative estimate of drug-likeness (QED) is 0.506. The molecule has 0 saturated heterocycles. The molecule has 2 rings (SSSR count). The summed E-state index contributed by atoms with van der Waals surface area (Å²) in [4.78, 5) is 4.57. The molecule has 158 valence electrons. The first-order valence-corrected chi connectivity index (χ1v) is 11.4. The molecular formula is C20H34N4O3S. The molecule has 8 heteroatoms. The average molecular weight is 411 g/mol. The largest absolute Gasteiger partial charge is 0.379 e. The second-order valence-electron chi connectivity index (χ2n) is 8.00. The number of benzene rings is 1. The lowest BCUT2D eigenvalue weighted by atomic mass is 9.89. The molecule has 0 bridgehead atoms. The van der Waals surface area contributed by atoms with E-state index in [-0.39, 0.29) is 17.3 Å². The Hall–Kier alpha value is -1.80. The molecule has 28 heavy (non-hydrogen) atoms. The summed E-state index contributed by atoms with van der Waals surface area (Å²) < 4.78 is 32.6. The van der Waals surface area contributed by atoms with E-state index >= 15 is 0 Å². The van der Waals surface area contributed by atoms with E-state index in [1.165, 1.54) is 4.31 Å². The smallest absolute Gasteiger partial charge is 0.236 e. The SMILES string of the molecule is CCNC(=NCC(OC)C(C)(C)C)NCCS(=O)(=O)N1CCc2ccccc21. The number of nitrogens with zero attached hydrogens (tertiary/aromatic N) is 2. The van der Waals surface area contributed by atoms with Gasteiger partial charge in [-0.2, -0.15) is 0 Å². The minimum absolute atomic E-state index is 0.0126. The van der Waals surface area contributed by atoms with Gasteiger partial charge >= 0.3 is 0 Å². The minimum atomic E-state index is -3.38. The molecule has 1 atom stereocenters. The van der Waals surface area contributed by atoms with Gasteiger partial charge in [0.1, 0.15) is 0 Å². The summed E-state index contributed by atoms with van der Waals surface area (Å²) >= 11 is 0. The predicted octanol–water partition coefficient (Wildman–Crippen LogP) is 2.00. The van der Waals surface area contributed by atoms with Crippen LogP contribution in [-0.2, 0) is 21.2 Å². The van der Waals surface area contributed by atoms with E-state index in [2.05, 4.69) is 36.4 Å². The summed E-state index contributed by atoms with van der Waals surface area (Å²) in [6.45, 7) is 10.3. The van der Waals surface area contributed by atoms with Gasteiger partial charge in [0.25, 0.3) is 0 Å². The van der Waals surface area contributed by atoms with Crippen molar-refractivity contribution in [3.8, 4) is 0 Å². The van der Waals surface area contributed by atoms with Crippen LogP contribution in [0.5, 0.6) is 0 Å². The van der Waals surface area contributed by atoms with E-state index in [1.807, 2.05) is 31.2 Å². The van der Waals surface area contributed by atoms with Gasteiger partial charge in [-0.25, -0.2) is 8.42 Å². The number of sulfonamides is 1. The van der Waals surface area contributed by atoms with Crippen molar-refractivity contribution in [2.75, 3.05) is 43.3 Å². The Labute approximate surface area is 169 Å². The van der Waals surface area contributed by atoms with Gasteiger partial charge in [0.05, 0.1) is 24.1 Å². The van der Waals surface area contributed by atoms with Gasteiger partial charge in [0, 0.05) is 26.7 Å². The fourth-order valence-corrected chi connectivity index (χ4v) is 4.65. The van der Waals surface area contributed by atoms with Crippen LogP contribution in [0.2, 0.25) is 0 Å². The Morgan fingerprint density at radius 1 is 1.29 bits per heavy atom. The van der Waals surface area contributed by atoms with Crippen molar-refractivity contribution in [3.05, 3.63) is 29.8 Å². The summed E-state index contributed by atoms with van der Waals surface area (Å²) in [5.74, 6) is 0.615. The Bertz CT molecular complexity index is 772. The Balaban J connectivity index is 1.96. The third kappa shape index (κ3) is 5.85. The van der Waals surface area contributed by atoms with E-state index in [0.717, 1.165) is 17.7 Å². The predicted molar refractivity (Wildman–Crippen MR) is 116 cm³/mol. The molecule has 0 radical (unpaired) electrons. The van der Waals surface area contributed by atoms with Crippen LogP contribution in [0.15, 0.2) is 29.3 Å². The number of ether oxygens (including phenoxy) is 1. The van der Waals surface area contributed by atoms with Crippen molar-refractivity contribution in [1.29, 1.82) is 0 Å². The van der Waals surface area contributed by atoms with Crippen LogP contribution in [0.1, 0.15) is 33.3 Å². The first-order chi connectivity index (χ1) is 13.2. The van der Waals surface area contributed by atoms with Gasteiger partial charge in [-0.3, -0.25) is 9.30 Å². The lowest BCUT2D eigenvalue weighted by Gasteiger charge is -2.28. The van der Waals surface area contributed by atoms with E-state index in [4.69, 9.17) is 4.74 Å². The second-order valence-corrected chi connectivity index (χ2v) is 10.0. The average Bonchev–Trinajstić information content (AvgIpc) is 3.06. The van der Waals surface area contributed by atoms with E-state index in [9.17, 15) is 8.42 Å². The van der Waals surface area contributed by atoms with Crippen molar-refractivity contribution in [2.45, 2.75) is 40.2 Å². The molecule has 1 heterocycles. The normalized spacial score (nSPS) is 16.0. The first kappa shape index (κ1) is 22.5. The summed E-state index contributed by atoms with van der Waals surface area (Å²) in [5.41, 5.74) is 1.86. The number of hydrogen-bond acceptors (Lipinski definition) is 4. The maximum atomic E-state index is 12.8. The zero-order valence-electron chi connectivity index (χ0n) is 17.7. The highest BCUT2D eigenvalue weighted by Crippen LogP contribution is 2.29. The molecule has 1 aliphatic rings. The molecule has 1 aromatic rings. The van der Waals surface area contributed by atoms with Crippen LogP contribution >= 0.6 is 0 Å². The van der Waals surface area contributed by atoms with Crippen LogP contribution < -0.4 is 14.9 Å². The van der Waals surface area contributed by atoms with Gasteiger partial charge < -0.3 is 15.4 Å². The van der Waals surface area contributed by atoms with Crippen molar-refractivity contribution < 1.29 is 13.2 Å². The van der Waals surface area contributed by atoms with E-state index in [1.54, 1.807) is 7.11 Å². The number of aliphatic imine (C=N–C) groups is 1. The fourth-order valence-electron chi connectivity index (χ4n) is 3.22. The van der Waals surface area contributed by atoms with Crippen LogP contribution in [0, 0.1) is 5.41 Å². The van der Waals surface area contributed by atoms with Crippen LogP contribution in [-0.4, -0.2) is 59.5 Å². The van der Waals surface area contributed by atoms with Gasteiger partial charge in [0.2, 0.25) is 10.0 Å². The number of para-hydroxylation sites is 1. The van der Waals surface area contributed by atoms with Crippen LogP contribution in [0.25, 0.3) is 0 Å². The molecule has 1 aromatic carbocycles. The second kappa shape index (κ2) is 9.60. The highest BCUT2D eigenvalue weighted by Gasteiger charge is 2.28.